The van der Waals surface area contributed by atoms with Crippen molar-refractivity contribution < 1.29 is 66.3 Å². The standard InChI is InChI=1S/C8H2F14O/c9-2(10)4(13,14)6(17,18)8(21,22)7(19,20)5(15,16)3(11,12)1-23/h1-2H. The molecule has 0 saturated heterocycles. The molecular formula is C8H2F14O. The van der Waals surface area contributed by atoms with E-state index in [1.165, 1.54) is 0 Å². The van der Waals surface area contributed by atoms with Gasteiger partial charge in [0.2, 0.25) is 0 Å². The smallest absolute Gasteiger partial charge is 0.296 e. The highest BCUT2D eigenvalue weighted by Crippen LogP contribution is 2.60. The quantitative estimate of drug-likeness (QED) is 0.477. The fourth-order valence-electron chi connectivity index (χ4n) is 1.02. The van der Waals surface area contributed by atoms with Crippen molar-refractivity contribution >= 4 is 6.29 Å². The average Bonchev–Trinajstić information content (AvgIpc) is 2.37. The maximum atomic E-state index is 12.8. The highest BCUT2D eigenvalue weighted by Gasteiger charge is 2.91. The molecule has 0 aromatic heterocycles. The lowest BCUT2D eigenvalue weighted by molar-refractivity contribution is -0.427. The van der Waals surface area contributed by atoms with Crippen LogP contribution in [0.1, 0.15) is 0 Å². The number of halogens is 14. The summed E-state index contributed by atoms with van der Waals surface area (Å²) in [5, 5.41) is 0. The van der Waals surface area contributed by atoms with Gasteiger partial charge in [-0.15, -0.1) is 0 Å². The van der Waals surface area contributed by atoms with E-state index in [0.717, 1.165) is 0 Å². The van der Waals surface area contributed by atoms with E-state index in [9.17, 15) is 66.3 Å². The number of carbonyl (C=O) groups excluding carboxylic acids is 1. The summed E-state index contributed by atoms with van der Waals surface area (Å²) in [5.74, 6) is -45.6. The van der Waals surface area contributed by atoms with Gasteiger partial charge in [-0.05, 0) is 0 Å². The zero-order valence-electron chi connectivity index (χ0n) is 9.85. The molecule has 138 valence electrons. The summed E-state index contributed by atoms with van der Waals surface area (Å²) in [6, 6.07) is 0. The topological polar surface area (TPSA) is 17.1 Å². The van der Waals surface area contributed by atoms with Crippen LogP contribution in [0.25, 0.3) is 0 Å². The van der Waals surface area contributed by atoms with E-state index < -0.39 is 48.2 Å². The Morgan fingerprint density at radius 3 is 1.13 bits per heavy atom. The summed E-state index contributed by atoms with van der Waals surface area (Å²) in [6.07, 6.45) is -8.07. The molecule has 0 radical (unpaired) electrons. The number of carbonyl (C=O) groups is 1. The van der Waals surface area contributed by atoms with Crippen LogP contribution in [0.4, 0.5) is 61.5 Å². The molecule has 0 heterocycles. The summed E-state index contributed by atoms with van der Waals surface area (Å²) in [6.45, 7) is 0. The molecule has 0 atom stereocenters. The van der Waals surface area contributed by atoms with Crippen LogP contribution in [-0.4, -0.2) is 48.2 Å². The first kappa shape index (κ1) is 21.7. The van der Waals surface area contributed by atoms with Crippen LogP contribution in [0.15, 0.2) is 0 Å². The van der Waals surface area contributed by atoms with E-state index in [1.807, 2.05) is 0 Å². The van der Waals surface area contributed by atoms with Crippen LogP contribution in [0, 0.1) is 0 Å². The van der Waals surface area contributed by atoms with Gasteiger partial charge in [0, 0.05) is 0 Å². The van der Waals surface area contributed by atoms with Gasteiger partial charge in [0.1, 0.15) is 0 Å². The lowest BCUT2D eigenvalue weighted by Gasteiger charge is -2.40. The first-order valence-electron chi connectivity index (χ1n) is 4.77. The number of hydrogen-bond donors (Lipinski definition) is 0. The minimum absolute atomic E-state index is 2.33. The van der Waals surface area contributed by atoms with Crippen LogP contribution < -0.4 is 0 Å². The van der Waals surface area contributed by atoms with Gasteiger partial charge in [-0.25, -0.2) is 8.78 Å². The van der Waals surface area contributed by atoms with Gasteiger partial charge in [0.05, 0.1) is 0 Å². The Morgan fingerprint density at radius 2 is 0.870 bits per heavy atom. The molecule has 0 fully saturated rings. The molecule has 0 spiro atoms. The summed E-state index contributed by atoms with van der Waals surface area (Å²) >= 11 is 0. The van der Waals surface area contributed by atoms with Crippen molar-refractivity contribution in [2.75, 3.05) is 0 Å². The summed E-state index contributed by atoms with van der Waals surface area (Å²) in [7, 11) is 0. The van der Waals surface area contributed by atoms with E-state index in [-0.39, 0.29) is 0 Å². The van der Waals surface area contributed by atoms with E-state index >= 15 is 0 Å². The molecule has 0 saturated carbocycles. The predicted octanol–water partition coefficient (Wildman–Crippen LogP) is 4.26. The highest BCUT2D eigenvalue weighted by molar-refractivity contribution is 5.62. The Bertz CT molecular complexity index is 452. The van der Waals surface area contributed by atoms with Crippen LogP contribution >= 0.6 is 0 Å². The predicted molar refractivity (Wildman–Crippen MR) is 41.8 cm³/mol. The van der Waals surface area contributed by atoms with Crippen LogP contribution in [-0.2, 0) is 4.79 Å². The zero-order valence-corrected chi connectivity index (χ0v) is 9.85. The summed E-state index contributed by atoms with van der Waals surface area (Å²) < 4.78 is 174. The van der Waals surface area contributed by atoms with E-state index in [0.29, 0.717) is 0 Å². The number of alkyl halides is 14. The Labute approximate surface area is 116 Å². The molecule has 0 rings (SSSR count). The van der Waals surface area contributed by atoms with Crippen LogP contribution in [0.3, 0.4) is 0 Å². The Balaban J connectivity index is 6.34. The van der Waals surface area contributed by atoms with E-state index in [4.69, 9.17) is 0 Å². The zero-order chi connectivity index (χ0) is 19.3. The molecule has 23 heavy (non-hydrogen) atoms. The van der Waals surface area contributed by atoms with E-state index in [1.54, 1.807) is 0 Å². The second kappa shape index (κ2) is 5.36. The maximum absolute atomic E-state index is 12.8. The summed E-state index contributed by atoms with van der Waals surface area (Å²) in [5.41, 5.74) is 0. The van der Waals surface area contributed by atoms with Crippen molar-refractivity contribution in [2.45, 2.75) is 42.0 Å². The van der Waals surface area contributed by atoms with E-state index in [2.05, 4.69) is 0 Å². The molecule has 0 aromatic carbocycles. The van der Waals surface area contributed by atoms with Gasteiger partial charge >= 0.3 is 42.0 Å². The van der Waals surface area contributed by atoms with Gasteiger partial charge in [0.15, 0.2) is 6.29 Å². The molecule has 0 N–H and O–H groups in total. The third-order valence-electron chi connectivity index (χ3n) is 2.44. The number of aldehydes is 1. The Hall–Kier alpha value is -1.31. The van der Waals surface area contributed by atoms with Gasteiger partial charge in [-0.1, -0.05) is 0 Å². The van der Waals surface area contributed by atoms with Crippen molar-refractivity contribution in [1.29, 1.82) is 0 Å². The van der Waals surface area contributed by atoms with Gasteiger partial charge in [0.25, 0.3) is 0 Å². The number of rotatable bonds is 7. The molecular weight excluding hydrogens is 378 g/mol. The minimum Gasteiger partial charge on any atom is -0.296 e. The number of hydrogen-bond acceptors (Lipinski definition) is 1. The van der Waals surface area contributed by atoms with Crippen molar-refractivity contribution in [3.8, 4) is 0 Å². The van der Waals surface area contributed by atoms with Gasteiger partial charge < -0.3 is 0 Å². The fraction of sp³-hybridized carbons (Fsp3) is 0.875. The molecule has 0 bridgehead atoms. The normalized spacial score (nSPS) is 16.0. The molecule has 0 aliphatic heterocycles. The Morgan fingerprint density at radius 1 is 0.565 bits per heavy atom. The monoisotopic (exact) mass is 380 g/mol. The molecule has 1 nitrogen and oxygen atoms in total. The maximum Gasteiger partial charge on any atom is 0.385 e. The third-order valence-corrected chi connectivity index (χ3v) is 2.44. The van der Waals surface area contributed by atoms with Gasteiger partial charge in [-0.3, -0.25) is 4.79 Å². The van der Waals surface area contributed by atoms with Crippen molar-refractivity contribution in [1.82, 2.24) is 0 Å². The molecule has 0 aliphatic carbocycles. The first-order chi connectivity index (χ1) is 9.75. The molecule has 0 aromatic rings. The van der Waals surface area contributed by atoms with Crippen molar-refractivity contribution in [3.05, 3.63) is 0 Å². The largest absolute Gasteiger partial charge is 0.385 e. The van der Waals surface area contributed by atoms with Crippen LogP contribution in [0.2, 0.25) is 0 Å². The third kappa shape index (κ3) is 2.60. The van der Waals surface area contributed by atoms with Crippen LogP contribution in [0.5, 0.6) is 0 Å². The second-order valence-corrected chi connectivity index (χ2v) is 3.96. The van der Waals surface area contributed by atoms with Crippen molar-refractivity contribution in [2.24, 2.45) is 0 Å². The summed E-state index contributed by atoms with van der Waals surface area (Å²) in [4.78, 5) is 9.54. The fourth-order valence-corrected chi connectivity index (χ4v) is 1.02. The molecule has 0 unspecified atom stereocenters. The molecule has 0 aliphatic rings. The molecule has 0 amide bonds. The SMILES string of the molecule is O=CC(F)(F)C(F)(F)C(F)(F)C(F)(F)C(F)(F)C(F)(F)C(F)F. The first-order valence-corrected chi connectivity index (χ1v) is 4.77. The van der Waals surface area contributed by atoms with Crippen molar-refractivity contribution in [3.63, 3.8) is 0 Å². The van der Waals surface area contributed by atoms with Gasteiger partial charge in [-0.2, -0.15) is 52.7 Å². The molecule has 15 heteroatoms. The average molecular weight is 380 g/mol. The minimum atomic E-state index is -8.09. The highest BCUT2D eigenvalue weighted by atomic mass is 19.4. The second-order valence-electron chi connectivity index (χ2n) is 3.96. The lowest BCUT2D eigenvalue weighted by Crippen LogP contribution is -2.71. The Kier molecular flexibility index (Phi) is 5.05. The lowest BCUT2D eigenvalue weighted by atomic mass is 9.92.